The molecule has 0 bridgehead atoms. The van der Waals surface area contributed by atoms with Crippen molar-refractivity contribution in [1.29, 1.82) is 0 Å². The molecule has 2 rings (SSSR count). The number of nitrogens with one attached hydrogen (secondary N) is 1. The van der Waals surface area contributed by atoms with Crippen molar-refractivity contribution in [3.63, 3.8) is 0 Å². The first-order valence-electron chi connectivity index (χ1n) is 10.6. The number of hydrogen-bond donors (Lipinski definition) is 2. The van der Waals surface area contributed by atoms with Gasteiger partial charge in [0.1, 0.15) is 17.2 Å². The van der Waals surface area contributed by atoms with Gasteiger partial charge in [-0.05, 0) is 35.8 Å². The molecule has 0 aliphatic rings. The number of aliphatic carboxylic acids is 1. The van der Waals surface area contributed by atoms with E-state index in [0.29, 0.717) is 34.2 Å². The van der Waals surface area contributed by atoms with E-state index in [1.54, 1.807) is 51.7 Å². The lowest BCUT2D eigenvalue weighted by molar-refractivity contribution is -0.132. The maximum Gasteiger partial charge on any atom is 0.333 e. The predicted molar refractivity (Wildman–Crippen MR) is 134 cm³/mol. The van der Waals surface area contributed by atoms with Crippen LogP contribution in [0.1, 0.15) is 32.4 Å². The molecule has 1 unspecified atom stereocenters. The topological polar surface area (TPSA) is 86.3 Å². The first kappa shape index (κ1) is 26.1. The zero-order valence-corrected chi connectivity index (χ0v) is 21.7. The number of carboxylic acids is 1. The van der Waals surface area contributed by atoms with Gasteiger partial charge in [-0.3, -0.25) is 0 Å². The van der Waals surface area contributed by atoms with E-state index in [0.717, 1.165) is 0 Å². The Morgan fingerprint density at radius 1 is 0.970 bits per heavy atom. The van der Waals surface area contributed by atoms with Gasteiger partial charge in [-0.15, -0.1) is 0 Å². The summed E-state index contributed by atoms with van der Waals surface area (Å²) in [6.45, 7) is 14.6. The van der Waals surface area contributed by atoms with E-state index in [2.05, 4.69) is 45.8 Å². The van der Waals surface area contributed by atoms with Gasteiger partial charge in [-0.25, -0.2) is 4.79 Å². The van der Waals surface area contributed by atoms with Gasteiger partial charge in [-0.1, -0.05) is 33.4 Å². The minimum atomic E-state index is -2.17. The highest BCUT2D eigenvalue weighted by atomic mass is 28.4. The number of rotatable bonds is 10. The normalized spacial score (nSPS) is 12.5. The quantitative estimate of drug-likeness (QED) is 0.329. The van der Waals surface area contributed by atoms with Crippen LogP contribution in [0.4, 0.5) is 5.69 Å². The van der Waals surface area contributed by atoms with Gasteiger partial charge in [-0.2, -0.15) is 0 Å². The third kappa shape index (κ3) is 6.22. The van der Waals surface area contributed by atoms with Gasteiger partial charge in [0.2, 0.25) is 0 Å². The molecule has 0 aromatic heterocycles. The summed E-state index contributed by atoms with van der Waals surface area (Å²) in [6, 6.07) is 9.95. The van der Waals surface area contributed by atoms with Crippen LogP contribution in [-0.4, -0.2) is 40.7 Å². The highest BCUT2D eigenvalue weighted by Crippen LogP contribution is 2.41. The van der Waals surface area contributed by atoms with Crippen LogP contribution in [-0.2, 0) is 4.79 Å². The predicted octanol–water partition coefficient (Wildman–Crippen LogP) is 5.89. The molecule has 0 radical (unpaired) electrons. The molecule has 0 amide bonds. The Labute approximate surface area is 197 Å². The highest BCUT2D eigenvalue weighted by molar-refractivity contribution is 6.74. The Hall–Kier alpha value is -3.13. The van der Waals surface area contributed by atoms with Crippen LogP contribution < -0.4 is 24.0 Å². The molecule has 2 aromatic rings. The number of benzene rings is 2. The monoisotopic (exact) mass is 473 g/mol. The number of carbonyl (C=O) groups is 1. The maximum atomic E-state index is 11.9. The van der Waals surface area contributed by atoms with E-state index < -0.39 is 20.3 Å². The van der Waals surface area contributed by atoms with Gasteiger partial charge in [0.05, 0.1) is 32.9 Å². The first-order valence-corrected chi connectivity index (χ1v) is 13.5. The van der Waals surface area contributed by atoms with Crippen LogP contribution in [0.15, 0.2) is 48.6 Å². The second kappa shape index (κ2) is 10.2. The fourth-order valence-electron chi connectivity index (χ4n) is 2.93. The summed E-state index contributed by atoms with van der Waals surface area (Å²) >= 11 is 0. The molecule has 0 fully saturated rings. The number of hydrogen-bond acceptors (Lipinski definition) is 6. The Morgan fingerprint density at radius 3 is 2.00 bits per heavy atom. The molecular formula is C25H35NO6Si. The minimum Gasteiger partial charge on any atom is -0.541 e. The van der Waals surface area contributed by atoms with Crippen LogP contribution in [0.2, 0.25) is 18.1 Å². The molecule has 0 aliphatic carbocycles. The molecule has 7 nitrogen and oxygen atoms in total. The smallest absolute Gasteiger partial charge is 0.333 e. The highest BCUT2D eigenvalue weighted by Gasteiger charge is 2.39. The largest absolute Gasteiger partial charge is 0.541 e. The van der Waals surface area contributed by atoms with Crippen LogP contribution in [0.25, 0.3) is 0 Å². The summed E-state index contributed by atoms with van der Waals surface area (Å²) in [5.74, 6) is 1.22. The van der Waals surface area contributed by atoms with Crippen molar-refractivity contribution in [2.24, 2.45) is 0 Å². The van der Waals surface area contributed by atoms with Crippen molar-refractivity contribution in [1.82, 2.24) is 0 Å². The van der Waals surface area contributed by atoms with Gasteiger partial charge < -0.3 is 29.1 Å². The minimum absolute atomic E-state index is 0.0137. The van der Waals surface area contributed by atoms with Crippen molar-refractivity contribution >= 4 is 20.0 Å². The van der Waals surface area contributed by atoms with Crippen molar-refractivity contribution in [3.05, 3.63) is 54.1 Å². The summed E-state index contributed by atoms with van der Waals surface area (Å²) in [6.07, 6.45) is 0. The van der Waals surface area contributed by atoms with Gasteiger partial charge in [0.15, 0.2) is 5.75 Å². The molecule has 8 heteroatoms. The molecule has 33 heavy (non-hydrogen) atoms. The van der Waals surface area contributed by atoms with Gasteiger partial charge >= 0.3 is 5.97 Å². The third-order valence-corrected chi connectivity index (χ3v) is 10.3. The van der Waals surface area contributed by atoms with Crippen LogP contribution in [0.3, 0.4) is 0 Å². The van der Waals surface area contributed by atoms with E-state index in [-0.39, 0.29) is 10.6 Å². The zero-order chi connectivity index (χ0) is 25.0. The van der Waals surface area contributed by atoms with Crippen LogP contribution >= 0.6 is 0 Å². The van der Waals surface area contributed by atoms with E-state index in [9.17, 15) is 9.90 Å². The van der Waals surface area contributed by atoms with E-state index in [4.69, 9.17) is 18.6 Å². The van der Waals surface area contributed by atoms with Crippen molar-refractivity contribution in [2.45, 2.75) is 44.9 Å². The van der Waals surface area contributed by atoms with Crippen molar-refractivity contribution in [3.8, 4) is 23.0 Å². The van der Waals surface area contributed by atoms with Gasteiger partial charge in [0.25, 0.3) is 8.32 Å². The second-order valence-corrected chi connectivity index (χ2v) is 14.0. The molecule has 0 aliphatic heterocycles. The first-order chi connectivity index (χ1) is 15.3. The molecular weight excluding hydrogens is 438 g/mol. The molecule has 2 aromatic carbocycles. The van der Waals surface area contributed by atoms with E-state index in [1.165, 1.54) is 0 Å². The van der Waals surface area contributed by atoms with Crippen molar-refractivity contribution in [2.75, 3.05) is 26.6 Å². The lowest BCUT2D eigenvalue weighted by Crippen LogP contribution is -2.44. The van der Waals surface area contributed by atoms with Crippen LogP contribution in [0, 0.1) is 0 Å². The Balaban J connectivity index is 2.55. The SMILES string of the molecule is C=C(C(=O)O)C(Nc1cc(OC)cc(OC)c1)c1ccc(OC)c(O[Si](C)(C)C(C)(C)C)c1. The Kier molecular flexibility index (Phi) is 8.08. The molecule has 2 N–H and O–H groups in total. The van der Waals surface area contributed by atoms with Crippen LogP contribution in [0.5, 0.6) is 23.0 Å². The van der Waals surface area contributed by atoms with E-state index in [1.807, 2.05) is 6.07 Å². The average molecular weight is 474 g/mol. The molecule has 1 atom stereocenters. The molecule has 0 saturated heterocycles. The van der Waals surface area contributed by atoms with E-state index >= 15 is 0 Å². The Bertz CT molecular complexity index is 990. The lowest BCUT2D eigenvalue weighted by atomic mass is 9.98. The summed E-state index contributed by atoms with van der Waals surface area (Å²) < 4.78 is 22.7. The zero-order valence-electron chi connectivity index (χ0n) is 20.7. The number of ether oxygens (including phenoxy) is 3. The molecule has 180 valence electrons. The third-order valence-electron chi connectivity index (χ3n) is 5.98. The summed E-state index contributed by atoms with van der Waals surface area (Å²) in [5, 5.41) is 13.0. The standard InChI is InChI=1S/C25H35NO6Si/c1-16(24(27)28)23(26-18-13-19(29-5)15-20(14-18)30-6)17-10-11-21(31-7)22(12-17)32-33(8,9)25(2,3)4/h10-15,23,26H,1H2,2-9H3,(H,27,28). The molecule has 0 heterocycles. The van der Waals surface area contributed by atoms with Crippen molar-refractivity contribution < 1.29 is 28.5 Å². The average Bonchev–Trinajstić information content (AvgIpc) is 2.75. The second-order valence-electron chi connectivity index (χ2n) is 9.28. The summed E-state index contributed by atoms with van der Waals surface area (Å²) in [7, 11) is 2.53. The number of methoxy groups -OCH3 is 3. The molecule has 0 spiro atoms. The number of anilines is 1. The molecule has 0 saturated carbocycles. The Morgan fingerprint density at radius 2 is 1.55 bits per heavy atom. The summed E-state index contributed by atoms with van der Waals surface area (Å²) in [5.41, 5.74) is 1.29. The lowest BCUT2D eigenvalue weighted by Gasteiger charge is -2.37. The fourth-order valence-corrected chi connectivity index (χ4v) is 3.95. The fraction of sp³-hybridized carbons (Fsp3) is 0.400. The number of carboxylic acid groups (broad SMARTS) is 1. The maximum absolute atomic E-state index is 11.9. The summed E-state index contributed by atoms with van der Waals surface area (Å²) in [4.78, 5) is 11.9. The van der Waals surface area contributed by atoms with Gasteiger partial charge in [0, 0.05) is 23.9 Å².